The van der Waals surface area contributed by atoms with E-state index in [9.17, 15) is 8.78 Å². The van der Waals surface area contributed by atoms with Gasteiger partial charge in [0.2, 0.25) is 0 Å². The molecule has 0 saturated heterocycles. The minimum atomic E-state index is -0.469. The summed E-state index contributed by atoms with van der Waals surface area (Å²) in [6, 6.07) is 30.5. The molecular formula is C30H25F2N. The van der Waals surface area contributed by atoms with E-state index in [1.54, 1.807) is 12.1 Å². The Morgan fingerprint density at radius 3 is 1.85 bits per heavy atom. The molecule has 4 rings (SSSR count). The van der Waals surface area contributed by atoms with Crippen molar-refractivity contribution in [2.45, 2.75) is 32.1 Å². The second-order valence-corrected chi connectivity index (χ2v) is 8.44. The molecule has 4 aromatic rings. The van der Waals surface area contributed by atoms with Crippen LogP contribution in [0.25, 0.3) is 11.1 Å². The number of nitrogens with zero attached hydrogens (tertiary/aromatic N) is 1. The molecule has 4 aromatic carbocycles. The lowest BCUT2D eigenvalue weighted by atomic mass is 9.92. The third kappa shape index (κ3) is 5.54. The molecule has 0 N–H and O–H groups in total. The van der Waals surface area contributed by atoms with E-state index in [2.05, 4.69) is 6.07 Å². The van der Waals surface area contributed by atoms with Crippen molar-refractivity contribution in [3.05, 3.63) is 130 Å². The monoisotopic (exact) mass is 437 g/mol. The molecule has 0 fully saturated rings. The third-order valence-electron chi connectivity index (χ3n) is 6.08. The Morgan fingerprint density at radius 1 is 0.727 bits per heavy atom. The summed E-state index contributed by atoms with van der Waals surface area (Å²) in [4.78, 5) is 0. The zero-order valence-electron chi connectivity index (χ0n) is 18.6. The maximum absolute atomic E-state index is 14.7. The van der Waals surface area contributed by atoms with Crippen molar-refractivity contribution in [1.82, 2.24) is 0 Å². The molecule has 0 bridgehead atoms. The van der Waals surface area contributed by atoms with Gasteiger partial charge in [-0.15, -0.1) is 0 Å². The molecule has 0 radical (unpaired) electrons. The molecule has 1 nitrogen and oxygen atoms in total. The van der Waals surface area contributed by atoms with E-state index < -0.39 is 11.6 Å². The van der Waals surface area contributed by atoms with E-state index in [1.165, 1.54) is 12.1 Å². The Hall–Kier alpha value is -3.77. The van der Waals surface area contributed by atoms with E-state index in [0.29, 0.717) is 30.4 Å². The van der Waals surface area contributed by atoms with E-state index in [1.807, 2.05) is 73.7 Å². The summed E-state index contributed by atoms with van der Waals surface area (Å²) in [5, 5.41) is 8.93. The molecule has 0 saturated carbocycles. The first kappa shape index (κ1) is 22.4. The molecule has 33 heavy (non-hydrogen) atoms. The lowest BCUT2D eigenvalue weighted by molar-refractivity contribution is 0.540. The van der Waals surface area contributed by atoms with E-state index in [0.717, 1.165) is 22.3 Å². The highest BCUT2D eigenvalue weighted by Crippen LogP contribution is 2.26. The Bertz CT molecular complexity index is 1230. The Labute approximate surface area is 194 Å². The molecule has 0 amide bonds. The molecule has 3 heteroatoms. The number of hydrogen-bond acceptors (Lipinski definition) is 1. The first-order valence-electron chi connectivity index (χ1n) is 11.1. The summed E-state index contributed by atoms with van der Waals surface area (Å²) < 4.78 is 29.5. The molecular weight excluding hydrogens is 412 g/mol. The van der Waals surface area contributed by atoms with Crippen LogP contribution in [-0.4, -0.2) is 0 Å². The predicted octanol–water partition coefficient (Wildman–Crippen LogP) is 7.63. The van der Waals surface area contributed by atoms with Crippen molar-refractivity contribution in [2.75, 3.05) is 0 Å². The van der Waals surface area contributed by atoms with Crippen LogP contribution in [0.5, 0.6) is 0 Å². The van der Waals surface area contributed by atoms with Gasteiger partial charge < -0.3 is 0 Å². The van der Waals surface area contributed by atoms with Gasteiger partial charge in [-0.2, -0.15) is 5.26 Å². The largest absolute Gasteiger partial charge is 0.207 e. The number of rotatable bonds is 7. The van der Waals surface area contributed by atoms with Crippen LogP contribution in [0.1, 0.15) is 40.7 Å². The van der Waals surface area contributed by atoms with Crippen LogP contribution in [0.3, 0.4) is 0 Å². The van der Waals surface area contributed by atoms with Crippen molar-refractivity contribution in [1.29, 1.82) is 5.26 Å². The highest BCUT2D eigenvalue weighted by Gasteiger charge is 2.15. The lowest BCUT2D eigenvalue weighted by Gasteiger charge is -2.14. The molecule has 0 aliphatic carbocycles. The van der Waals surface area contributed by atoms with Crippen LogP contribution < -0.4 is 0 Å². The van der Waals surface area contributed by atoms with Gasteiger partial charge in [0.15, 0.2) is 0 Å². The summed E-state index contributed by atoms with van der Waals surface area (Å²) in [7, 11) is 0. The quantitative estimate of drug-likeness (QED) is 0.291. The van der Waals surface area contributed by atoms with Crippen LogP contribution in [0.4, 0.5) is 8.78 Å². The number of aryl methyl sites for hydroxylation is 2. The van der Waals surface area contributed by atoms with Gasteiger partial charge in [0.05, 0.1) is 11.6 Å². The minimum absolute atomic E-state index is 0.0377. The third-order valence-corrected chi connectivity index (χ3v) is 6.08. The van der Waals surface area contributed by atoms with Gasteiger partial charge in [-0.25, -0.2) is 8.78 Å². The highest BCUT2D eigenvalue weighted by molar-refractivity contribution is 5.64. The number of halogens is 2. The van der Waals surface area contributed by atoms with Crippen molar-refractivity contribution < 1.29 is 8.78 Å². The highest BCUT2D eigenvalue weighted by atomic mass is 19.1. The summed E-state index contributed by atoms with van der Waals surface area (Å²) in [5.74, 6) is -0.899. The molecule has 0 spiro atoms. The second kappa shape index (κ2) is 10.2. The first-order valence-corrected chi connectivity index (χ1v) is 11.1. The van der Waals surface area contributed by atoms with Gasteiger partial charge in [0, 0.05) is 5.56 Å². The Morgan fingerprint density at radius 2 is 1.27 bits per heavy atom. The van der Waals surface area contributed by atoms with Gasteiger partial charge >= 0.3 is 0 Å². The standard InChI is InChI=1S/C30H25F2N/c1-21(25-5-3-2-4-6-25)17-28-29(31)18-24(19-30(28)32)8-7-22-9-13-26(14-10-22)27-15-11-23(20-33)12-16-27/h2-6,9-16,18-19,21H,7-8,17H2,1H3. The number of benzene rings is 4. The number of hydrogen-bond donors (Lipinski definition) is 0. The molecule has 1 atom stereocenters. The van der Waals surface area contributed by atoms with Crippen LogP contribution in [0.15, 0.2) is 91.0 Å². The minimum Gasteiger partial charge on any atom is -0.207 e. The van der Waals surface area contributed by atoms with Crippen molar-refractivity contribution in [3.8, 4) is 17.2 Å². The van der Waals surface area contributed by atoms with Crippen molar-refractivity contribution in [3.63, 3.8) is 0 Å². The fourth-order valence-corrected chi connectivity index (χ4v) is 4.09. The average molecular weight is 438 g/mol. The van der Waals surface area contributed by atoms with Gasteiger partial charge in [-0.05, 0) is 77.3 Å². The smallest absolute Gasteiger partial charge is 0.129 e. The predicted molar refractivity (Wildman–Crippen MR) is 129 cm³/mol. The zero-order chi connectivity index (χ0) is 23.2. The van der Waals surface area contributed by atoms with Crippen LogP contribution in [0, 0.1) is 23.0 Å². The summed E-state index contributed by atoms with van der Waals surface area (Å²) >= 11 is 0. The summed E-state index contributed by atoms with van der Waals surface area (Å²) in [6.07, 6.45) is 1.60. The second-order valence-electron chi connectivity index (χ2n) is 8.44. The first-order chi connectivity index (χ1) is 16.0. The maximum atomic E-state index is 14.7. The average Bonchev–Trinajstić information content (AvgIpc) is 2.86. The van der Waals surface area contributed by atoms with Gasteiger partial charge in [0.25, 0.3) is 0 Å². The van der Waals surface area contributed by atoms with Crippen molar-refractivity contribution in [2.24, 2.45) is 0 Å². The fraction of sp³-hybridized carbons (Fsp3) is 0.167. The molecule has 0 aliphatic heterocycles. The normalized spacial score (nSPS) is 11.7. The van der Waals surface area contributed by atoms with Gasteiger partial charge in [-0.1, -0.05) is 73.7 Å². The van der Waals surface area contributed by atoms with Gasteiger partial charge in [0.1, 0.15) is 11.6 Å². The van der Waals surface area contributed by atoms with Crippen LogP contribution >= 0.6 is 0 Å². The Balaban J connectivity index is 1.40. The topological polar surface area (TPSA) is 23.8 Å². The zero-order valence-corrected chi connectivity index (χ0v) is 18.6. The summed E-state index contributed by atoms with van der Waals surface area (Å²) in [6.45, 7) is 1.99. The lowest BCUT2D eigenvalue weighted by Crippen LogP contribution is -2.05. The van der Waals surface area contributed by atoms with Crippen LogP contribution in [-0.2, 0) is 19.3 Å². The Kier molecular flexibility index (Phi) is 6.95. The molecule has 0 aromatic heterocycles. The van der Waals surface area contributed by atoms with E-state index in [-0.39, 0.29) is 11.5 Å². The van der Waals surface area contributed by atoms with E-state index in [4.69, 9.17) is 5.26 Å². The molecule has 0 aliphatic rings. The molecule has 0 heterocycles. The van der Waals surface area contributed by atoms with Gasteiger partial charge in [-0.3, -0.25) is 0 Å². The van der Waals surface area contributed by atoms with Crippen LogP contribution in [0.2, 0.25) is 0 Å². The van der Waals surface area contributed by atoms with E-state index >= 15 is 0 Å². The summed E-state index contributed by atoms with van der Waals surface area (Å²) in [5.41, 5.74) is 5.75. The van der Waals surface area contributed by atoms with Crippen molar-refractivity contribution >= 4 is 0 Å². The molecule has 1 unspecified atom stereocenters. The number of nitriles is 1. The fourth-order valence-electron chi connectivity index (χ4n) is 4.09. The molecule has 164 valence electrons. The SMILES string of the molecule is CC(Cc1c(F)cc(CCc2ccc(-c3ccc(C#N)cc3)cc2)cc1F)c1ccccc1. The maximum Gasteiger partial charge on any atom is 0.129 e.